The van der Waals surface area contributed by atoms with Crippen molar-refractivity contribution in [2.24, 2.45) is 0 Å². The molecule has 1 atom stereocenters. The zero-order valence-electron chi connectivity index (χ0n) is 14.8. The van der Waals surface area contributed by atoms with Crippen LogP contribution in [0.4, 0.5) is 0 Å². The van der Waals surface area contributed by atoms with Crippen LogP contribution in [-0.2, 0) is 4.79 Å². The van der Waals surface area contributed by atoms with E-state index >= 15 is 0 Å². The second-order valence-corrected chi connectivity index (χ2v) is 6.37. The van der Waals surface area contributed by atoms with Gasteiger partial charge in [-0.3, -0.25) is 4.79 Å². The average Bonchev–Trinajstić information content (AvgIpc) is 2.57. The normalized spacial score (nSPS) is 11.7. The summed E-state index contributed by atoms with van der Waals surface area (Å²) in [6, 6.07) is 13.0. The van der Waals surface area contributed by atoms with Crippen molar-refractivity contribution in [2.75, 3.05) is 13.2 Å². The van der Waals surface area contributed by atoms with Crippen LogP contribution in [0.5, 0.6) is 11.5 Å². The van der Waals surface area contributed by atoms with Gasteiger partial charge in [0.1, 0.15) is 18.1 Å². The highest BCUT2D eigenvalue weighted by Gasteiger charge is 2.17. The number of aryl methyl sites for hydroxylation is 2. The van der Waals surface area contributed by atoms with Crippen molar-refractivity contribution in [3.05, 3.63) is 58.6 Å². The fourth-order valence-corrected chi connectivity index (χ4v) is 2.60. The van der Waals surface area contributed by atoms with Gasteiger partial charge in [-0.1, -0.05) is 24.6 Å². The van der Waals surface area contributed by atoms with E-state index in [1.165, 1.54) is 0 Å². The molecule has 0 radical (unpaired) electrons. The van der Waals surface area contributed by atoms with Crippen LogP contribution in [0.1, 0.15) is 24.5 Å². The first-order chi connectivity index (χ1) is 12.0. The molecule has 2 aromatic carbocycles. The zero-order chi connectivity index (χ0) is 18.2. The number of benzene rings is 2. The first kappa shape index (κ1) is 19.1. The number of nitrogens with one attached hydrogen (secondary N) is 1. The summed E-state index contributed by atoms with van der Waals surface area (Å²) in [7, 11) is 0. The summed E-state index contributed by atoms with van der Waals surface area (Å²) in [6.07, 6.45) is 0.0363. The fourth-order valence-electron chi connectivity index (χ4n) is 2.47. The smallest absolute Gasteiger partial charge is 0.261 e. The Labute approximate surface area is 154 Å². The molecule has 0 heterocycles. The van der Waals surface area contributed by atoms with E-state index in [-0.39, 0.29) is 5.91 Å². The molecule has 1 N–H and O–H groups in total. The van der Waals surface area contributed by atoms with Gasteiger partial charge in [0.15, 0.2) is 6.10 Å². The molecule has 4 nitrogen and oxygen atoms in total. The van der Waals surface area contributed by atoms with Gasteiger partial charge in [-0.2, -0.15) is 0 Å². The molecule has 0 aliphatic heterocycles. The van der Waals surface area contributed by atoms with Crippen LogP contribution in [0.25, 0.3) is 0 Å². The molecule has 134 valence electrons. The Bertz CT molecular complexity index is 680. The van der Waals surface area contributed by atoms with Crippen LogP contribution >= 0.6 is 11.6 Å². The second-order valence-electron chi connectivity index (χ2n) is 5.93. The highest BCUT2D eigenvalue weighted by molar-refractivity contribution is 6.30. The van der Waals surface area contributed by atoms with Gasteiger partial charge in [0.2, 0.25) is 0 Å². The maximum Gasteiger partial charge on any atom is 0.261 e. The molecule has 2 rings (SSSR count). The van der Waals surface area contributed by atoms with Crippen molar-refractivity contribution in [3.8, 4) is 11.5 Å². The lowest BCUT2D eigenvalue weighted by molar-refractivity contribution is -0.128. The standard InChI is InChI=1S/C20H24ClNO3/c1-4-19(25-17-7-5-16(21)6-8-17)20(23)22-9-10-24-18-12-14(2)11-15(3)13-18/h5-8,11-13,19H,4,9-10H2,1-3H3,(H,22,23). The summed E-state index contributed by atoms with van der Waals surface area (Å²) >= 11 is 5.85. The predicted molar refractivity (Wildman–Crippen MR) is 101 cm³/mol. The number of amides is 1. The molecule has 0 bridgehead atoms. The number of carbonyl (C=O) groups excluding carboxylic acids is 1. The minimum absolute atomic E-state index is 0.151. The van der Waals surface area contributed by atoms with Gasteiger partial charge >= 0.3 is 0 Å². The van der Waals surface area contributed by atoms with E-state index in [0.717, 1.165) is 16.9 Å². The Morgan fingerprint density at radius 3 is 2.32 bits per heavy atom. The number of ether oxygens (including phenoxy) is 2. The minimum Gasteiger partial charge on any atom is -0.492 e. The number of carbonyl (C=O) groups is 1. The van der Waals surface area contributed by atoms with Crippen LogP contribution in [-0.4, -0.2) is 25.2 Å². The average molecular weight is 362 g/mol. The van der Waals surface area contributed by atoms with Crippen LogP contribution in [0.2, 0.25) is 5.02 Å². The first-order valence-corrected chi connectivity index (χ1v) is 8.76. The number of hydrogen-bond donors (Lipinski definition) is 1. The van der Waals surface area contributed by atoms with Crippen LogP contribution in [0.3, 0.4) is 0 Å². The number of halogens is 1. The molecular weight excluding hydrogens is 338 g/mol. The monoisotopic (exact) mass is 361 g/mol. The van der Waals surface area contributed by atoms with Crippen molar-refractivity contribution < 1.29 is 14.3 Å². The third-order valence-corrected chi connectivity index (χ3v) is 3.87. The Morgan fingerprint density at radius 1 is 1.08 bits per heavy atom. The van der Waals surface area contributed by atoms with E-state index in [4.69, 9.17) is 21.1 Å². The quantitative estimate of drug-likeness (QED) is 0.713. The zero-order valence-corrected chi connectivity index (χ0v) is 15.6. The molecule has 1 unspecified atom stereocenters. The molecule has 2 aromatic rings. The molecule has 0 saturated carbocycles. The van der Waals surface area contributed by atoms with Gasteiger partial charge in [-0.05, 0) is 67.8 Å². The largest absolute Gasteiger partial charge is 0.492 e. The second kappa shape index (κ2) is 9.33. The van der Waals surface area contributed by atoms with Gasteiger partial charge in [0.05, 0.1) is 6.54 Å². The molecule has 25 heavy (non-hydrogen) atoms. The van der Waals surface area contributed by atoms with Crippen molar-refractivity contribution in [1.29, 1.82) is 0 Å². The molecule has 0 aliphatic carbocycles. The van der Waals surface area contributed by atoms with Crippen LogP contribution in [0, 0.1) is 13.8 Å². The summed E-state index contributed by atoms with van der Waals surface area (Å²) in [5, 5.41) is 3.48. The van der Waals surface area contributed by atoms with Crippen LogP contribution < -0.4 is 14.8 Å². The molecule has 0 fully saturated rings. The van der Waals surface area contributed by atoms with E-state index in [2.05, 4.69) is 11.4 Å². The first-order valence-electron chi connectivity index (χ1n) is 8.39. The molecule has 0 aliphatic rings. The Morgan fingerprint density at radius 2 is 1.72 bits per heavy atom. The molecule has 0 aromatic heterocycles. The van der Waals surface area contributed by atoms with Gasteiger partial charge in [-0.15, -0.1) is 0 Å². The third-order valence-electron chi connectivity index (χ3n) is 3.62. The maximum absolute atomic E-state index is 12.2. The van der Waals surface area contributed by atoms with Gasteiger partial charge < -0.3 is 14.8 Å². The lowest BCUT2D eigenvalue weighted by Crippen LogP contribution is -2.39. The minimum atomic E-state index is -0.539. The van der Waals surface area contributed by atoms with E-state index in [1.54, 1.807) is 24.3 Å². The molecule has 0 spiro atoms. The predicted octanol–water partition coefficient (Wildman–Crippen LogP) is 4.31. The Hall–Kier alpha value is -2.20. The summed E-state index contributed by atoms with van der Waals surface area (Å²) in [4.78, 5) is 12.2. The summed E-state index contributed by atoms with van der Waals surface area (Å²) in [5.74, 6) is 1.29. The van der Waals surface area contributed by atoms with Gasteiger partial charge in [0.25, 0.3) is 5.91 Å². The lowest BCUT2D eigenvalue weighted by atomic mass is 10.1. The highest BCUT2D eigenvalue weighted by atomic mass is 35.5. The Balaban J connectivity index is 1.78. The number of hydrogen-bond acceptors (Lipinski definition) is 3. The lowest BCUT2D eigenvalue weighted by Gasteiger charge is -2.17. The SMILES string of the molecule is CCC(Oc1ccc(Cl)cc1)C(=O)NCCOc1cc(C)cc(C)c1. The summed E-state index contributed by atoms with van der Waals surface area (Å²) in [5.41, 5.74) is 2.31. The molecule has 1 amide bonds. The van der Waals surface area contributed by atoms with Crippen molar-refractivity contribution in [3.63, 3.8) is 0 Å². The van der Waals surface area contributed by atoms with Gasteiger partial charge in [-0.25, -0.2) is 0 Å². The van der Waals surface area contributed by atoms with E-state index in [0.29, 0.717) is 30.3 Å². The summed E-state index contributed by atoms with van der Waals surface area (Å²) in [6.45, 7) is 6.80. The highest BCUT2D eigenvalue weighted by Crippen LogP contribution is 2.18. The third kappa shape index (κ3) is 6.31. The Kier molecular flexibility index (Phi) is 7.14. The van der Waals surface area contributed by atoms with E-state index in [1.807, 2.05) is 32.9 Å². The van der Waals surface area contributed by atoms with Crippen molar-refractivity contribution >= 4 is 17.5 Å². The molecule has 0 saturated heterocycles. The van der Waals surface area contributed by atoms with Crippen LogP contribution in [0.15, 0.2) is 42.5 Å². The van der Waals surface area contributed by atoms with Gasteiger partial charge in [0, 0.05) is 5.02 Å². The molecule has 5 heteroatoms. The van der Waals surface area contributed by atoms with E-state index < -0.39 is 6.10 Å². The molecular formula is C20H24ClNO3. The fraction of sp³-hybridized carbons (Fsp3) is 0.350. The number of rotatable bonds is 8. The maximum atomic E-state index is 12.2. The van der Waals surface area contributed by atoms with Crippen molar-refractivity contribution in [2.45, 2.75) is 33.3 Å². The topological polar surface area (TPSA) is 47.6 Å². The van der Waals surface area contributed by atoms with Crippen molar-refractivity contribution in [1.82, 2.24) is 5.32 Å². The summed E-state index contributed by atoms with van der Waals surface area (Å²) < 4.78 is 11.4. The van der Waals surface area contributed by atoms with E-state index in [9.17, 15) is 4.79 Å².